The molecule has 0 amide bonds. The Labute approximate surface area is 493 Å². The van der Waals surface area contributed by atoms with Crippen molar-refractivity contribution in [2.24, 2.45) is 0 Å². The SMILES string of the molecule is CCN(CC)CCCCC(O)(CCc1cccc2ccccc12)C(c1ccccc1)c1cc2cc(Br)ccc2nc1OC.COc1nc2ccc(-c3ccco3)cc2cc1C(c1ccccc1)C(O)(CCCCN(C)C)c1ccccc1. The van der Waals surface area contributed by atoms with Crippen LogP contribution in [0.1, 0.15) is 104 Å². The van der Waals surface area contributed by atoms with Crippen LogP contribution in [0, 0.1) is 0 Å². The number of ether oxygens (including phenoxy) is 2. The Morgan fingerprint density at radius 3 is 1.76 bits per heavy atom. The molecular weight excluding hydrogens is 1080 g/mol. The van der Waals surface area contributed by atoms with Crippen LogP contribution in [0.5, 0.6) is 11.8 Å². The Balaban J connectivity index is 0.000000198. The molecular formula is C72H79BrN4O5. The van der Waals surface area contributed by atoms with E-state index < -0.39 is 17.1 Å². The molecule has 0 saturated carbocycles. The molecule has 7 aromatic carbocycles. The number of benzene rings is 7. The molecule has 0 bridgehead atoms. The smallest absolute Gasteiger partial charge is 0.217 e. The number of furan rings is 1. The van der Waals surface area contributed by atoms with Gasteiger partial charge in [0.1, 0.15) is 11.4 Å². The molecule has 0 aliphatic heterocycles. The van der Waals surface area contributed by atoms with Crippen LogP contribution in [0.3, 0.4) is 0 Å². The van der Waals surface area contributed by atoms with Crippen LogP contribution in [0.25, 0.3) is 43.9 Å². The fourth-order valence-corrected chi connectivity index (χ4v) is 12.4. The van der Waals surface area contributed by atoms with Crippen molar-refractivity contribution in [2.75, 3.05) is 54.5 Å². The lowest BCUT2D eigenvalue weighted by molar-refractivity contribution is 0.00343. The molecule has 10 rings (SSSR count). The second kappa shape index (κ2) is 28.2. The molecule has 0 spiro atoms. The van der Waals surface area contributed by atoms with Gasteiger partial charge in [0.05, 0.1) is 37.1 Å². The summed E-state index contributed by atoms with van der Waals surface area (Å²) in [7, 11) is 7.49. The van der Waals surface area contributed by atoms with Crippen LogP contribution in [-0.2, 0) is 12.0 Å². The molecule has 9 nitrogen and oxygen atoms in total. The number of rotatable bonds is 25. The Bertz CT molecular complexity index is 3590. The van der Waals surface area contributed by atoms with Gasteiger partial charge in [-0.3, -0.25) is 0 Å². The van der Waals surface area contributed by atoms with E-state index in [0.717, 1.165) is 124 Å². The summed E-state index contributed by atoms with van der Waals surface area (Å²) in [5, 5.41) is 30.3. The molecule has 2 N–H and O–H groups in total. The first kappa shape index (κ1) is 59.4. The summed E-state index contributed by atoms with van der Waals surface area (Å²) < 4.78 is 18.5. The summed E-state index contributed by atoms with van der Waals surface area (Å²) in [5.74, 6) is 1.17. The molecule has 3 aromatic heterocycles. The van der Waals surface area contributed by atoms with Gasteiger partial charge >= 0.3 is 0 Å². The number of aryl methyl sites for hydroxylation is 1. The average Bonchev–Trinajstić information content (AvgIpc) is 3.96. The van der Waals surface area contributed by atoms with Gasteiger partial charge in [0.25, 0.3) is 0 Å². The third-order valence-electron chi connectivity index (χ3n) is 16.3. The number of fused-ring (bicyclic) bond motifs is 3. The number of halogens is 1. The monoisotopic (exact) mass is 1160 g/mol. The van der Waals surface area contributed by atoms with Gasteiger partial charge in [0.15, 0.2) is 0 Å². The number of hydrogen-bond acceptors (Lipinski definition) is 9. The van der Waals surface area contributed by atoms with Crippen LogP contribution < -0.4 is 9.47 Å². The molecule has 4 unspecified atom stereocenters. The maximum Gasteiger partial charge on any atom is 0.217 e. The van der Waals surface area contributed by atoms with Crippen molar-refractivity contribution in [1.82, 2.24) is 19.8 Å². The van der Waals surface area contributed by atoms with Gasteiger partial charge in [-0.2, -0.15) is 0 Å². The van der Waals surface area contributed by atoms with E-state index in [0.29, 0.717) is 31.0 Å². The lowest BCUT2D eigenvalue weighted by Crippen LogP contribution is -2.38. The van der Waals surface area contributed by atoms with E-state index in [1.807, 2.05) is 91.0 Å². The van der Waals surface area contributed by atoms with E-state index in [-0.39, 0.29) is 5.92 Å². The van der Waals surface area contributed by atoms with Crippen molar-refractivity contribution in [1.29, 1.82) is 0 Å². The first-order chi connectivity index (χ1) is 39.9. The highest BCUT2D eigenvalue weighted by Crippen LogP contribution is 2.49. The number of unbranched alkanes of at least 4 members (excludes halogenated alkanes) is 2. The number of aromatic nitrogens is 2. The highest BCUT2D eigenvalue weighted by molar-refractivity contribution is 9.10. The number of nitrogens with zero attached hydrogens (tertiary/aromatic N) is 4. The molecule has 424 valence electrons. The minimum absolute atomic E-state index is 0.317. The maximum absolute atomic E-state index is 13.0. The molecule has 10 aromatic rings. The van der Waals surface area contributed by atoms with Crippen molar-refractivity contribution in [3.63, 3.8) is 0 Å². The van der Waals surface area contributed by atoms with E-state index >= 15 is 0 Å². The lowest BCUT2D eigenvalue weighted by atomic mass is 9.71. The van der Waals surface area contributed by atoms with E-state index in [4.69, 9.17) is 23.9 Å². The molecule has 3 heterocycles. The van der Waals surface area contributed by atoms with Gasteiger partial charge in [-0.05, 0) is 185 Å². The maximum atomic E-state index is 13.0. The molecule has 0 fully saturated rings. The summed E-state index contributed by atoms with van der Waals surface area (Å²) in [6, 6.07) is 66.0. The first-order valence-corrected chi connectivity index (χ1v) is 29.8. The van der Waals surface area contributed by atoms with E-state index in [1.165, 1.54) is 16.3 Å². The number of pyridine rings is 2. The zero-order valence-electron chi connectivity index (χ0n) is 48.5. The summed E-state index contributed by atoms with van der Waals surface area (Å²) in [6.45, 7) is 8.53. The van der Waals surface area contributed by atoms with Gasteiger partial charge in [-0.25, -0.2) is 9.97 Å². The third-order valence-corrected chi connectivity index (χ3v) is 16.8. The Kier molecular flexibility index (Phi) is 20.4. The topological polar surface area (TPSA) is 104 Å². The summed E-state index contributed by atoms with van der Waals surface area (Å²) in [4.78, 5) is 14.5. The molecule has 0 radical (unpaired) electrons. The van der Waals surface area contributed by atoms with Crippen molar-refractivity contribution in [2.45, 2.75) is 88.3 Å². The minimum atomic E-state index is -1.18. The quantitative estimate of drug-likeness (QED) is 0.0542. The van der Waals surface area contributed by atoms with Gasteiger partial charge < -0.3 is 33.9 Å². The summed E-state index contributed by atoms with van der Waals surface area (Å²) in [6.07, 6.45) is 8.18. The van der Waals surface area contributed by atoms with E-state index in [9.17, 15) is 10.2 Å². The van der Waals surface area contributed by atoms with Crippen LogP contribution in [0.15, 0.2) is 209 Å². The fourth-order valence-electron chi connectivity index (χ4n) is 12.0. The standard InChI is InChI=1S/C38H43BrN2O2.C34H36N2O3/c1-4-41(5-2)25-12-11-23-38(42,24-22-29-18-13-17-28-14-9-10-19-33(28)29)36(30-15-7-6-8-16-30)34-27-31-26-32(39)20-21-35(31)40-37(34)43-3;1-36(2)21-11-10-20-34(37,28-15-8-5-9-16-28)32(25-13-6-4-7-14-25)29-24-27-23-26(31-17-12-22-39-31)18-19-30(27)35-33(29)38-3/h6-10,13-21,26-27,36,42H,4-5,11-12,22-25H2,1-3H3;4-9,12-19,22-24,32,37H,10-11,20-21H2,1-3H3. The number of aliphatic hydroxyl groups is 2. The highest BCUT2D eigenvalue weighted by atomic mass is 79.9. The molecule has 82 heavy (non-hydrogen) atoms. The summed E-state index contributed by atoms with van der Waals surface area (Å²) >= 11 is 3.64. The largest absolute Gasteiger partial charge is 0.481 e. The van der Waals surface area contributed by atoms with Gasteiger partial charge in [-0.1, -0.05) is 163 Å². The van der Waals surface area contributed by atoms with Crippen LogP contribution in [-0.4, -0.2) is 90.1 Å². The number of methoxy groups -OCH3 is 2. The second-order valence-corrected chi connectivity index (χ2v) is 22.8. The van der Waals surface area contributed by atoms with E-state index in [1.54, 1.807) is 20.5 Å². The Morgan fingerprint density at radius 1 is 0.549 bits per heavy atom. The third kappa shape index (κ3) is 14.2. The normalized spacial score (nSPS) is 13.8. The fraction of sp³-hybridized carbons (Fsp3) is 0.306. The molecule has 0 aliphatic rings. The van der Waals surface area contributed by atoms with Crippen LogP contribution >= 0.6 is 15.9 Å². The van der Waals surface area contributed by atoms with Crippen molar-refractivity contribution in [3.8, 4) is 23.1 Å². The van der Waals surface area contributed by atoms with E-state index in [2.05, 4.69) is 157 Å². The number of hydrogen-bond donors (Lipinski definition) is 2. The van der Waals surface area contributed by atoms with Gasteiger partial charge in [0, 0.05) is 43.8 Å². The minimum Gasteiger partial charge on any atom is -0.481 e. The molecule has 0 aliphatic carbocycles. The van der Waals surface area contributed by atoms with Crippen molar-refractivity contribution < 1.29 is 24.1 Å². The lowest BCUT2D eigenvalue weighted by Gasteiger charge is -2.38. The summed E-state index contributed by atoms with van der Waals surface area (Å²) in [5.41, 5.74) is 6.46. The van der Waals surface area contributed by atoms with Crippen LogP contribution in [0.2, 0.25) is 0 Å². The van der Waals surface area contributed by atoms with Crippen molar-refractivity contribution in [3.05, 3.63) is 238 Å². The predicted octanol–water partition coefficient (Wildman–Crippen LogP) is 16.4. The highest BCUT2D eigenvalue weighted by Gasteiger charge is 2.43. The Morgan fingerprint density at radius 2 is 1.12 bits per heavy atom. The van der Waals surface area contributed by atoms with Gasteiger partial charge in [0.2, 0.25) is 11.8 Å². The zero-order chi connectivity index (χ0) is 57.5. The molecule has 0 saturated heterocycles. The van der Waals surface area contributed by atoms with Crippen molar-refractivity contribution >= 4 is 48.5 Å². The molecule has 4 atom stereocenters. The first-order valence-electron chi connectivity index (χ1n) is 29.1. The van der Waals surface area contributed by atoms with Crippen LogP contribution in [0.4, 0.5) is 0 Å². The Hall–Kier alpha value is -7.18. The second-order valence-electron chi connectivity index (χ2n) is 21.9. The predicted molar refractivity (Wildman–Crippen MR) is 340 cm³/mol. The average molecular weight is 1160 g/mol. The van der Waals surface area contributed by atoms with Gasteiger partial charge in [-0.15, -0.1) is 0 Å². The molecule has 10 heteroatoms. The zero-order valence-corrected chi connectivity index (χ0v) is 50.1.